The van der Waals surface area contributed by atoms with Crippen LogP contribution in [0, 0.1) is 0 Å². The monoisotopic (exact) mass is 244 g/mol. The third-order valence-corrected chi connectivity index (χ3v) is 10.7. The molecule has 0 aliphatic carbocycles. The summed E-state index contributed by atoms with van der Waals surface area (Å²) in [5, 5.41) is 0. The maximum absolute atomic E-state index is 6.05. The molecule has 0 amide bonds. The van der Waals surface area contributed by atoms with Crippen LogP contribution in [0.4, 0.5) is 0 Å². The number of halogens is 1. The molecule has 0 aromatic carbocycles. The fraction of sp³-hybridized carbons (Fsp3) is 1.00. The summed E-state index contributed by atoms with van der Waals surface area (Å²) < 4.78 is 0.630. The minimum absolute atomic E-state index is 0.130. The molecule has 0 rings (SSSR count). The van der Waals surface area contributed by atoms with Crippen molar-refractivity contribution in [2.75, 3.05) is 0 Å². The minimum atomic E-state index is -0.272. The molecule has 0 bridgehead atoms. The Morgan fingerprint density at radius 1 is 1.07 bits per heavy atom. The molecule has 0 N–H and O–H groups in total. The highest BCUT2D eigenvalue weighted by atomic mass is 35.5. The first-order valence-corrected chi connectivity index (χ1v) is 10.7. The van der Waals surface area contributed by atoms with Crippen LogP contribution >= 0.6 is 9.07 Å². The van der Waals surface area contributed by atoms with Crippen LogP contribution in [-0.4, -0.2) is 28.8 Å². The van der Waals surface area contributed by atoms with Crippen molar-refractivity contribution in [2.45, 2.75) is 68.5 Å². The SMILES string of the molecule is CCCCCCCC[SiH2][C](C)(C)[Mg][Cl]. The van der Waals surface area contributed by atoms with Crippen LogP contribution in [0.3, 0.4) is 0 Å². The number of unbranched alkanes of at least 4 members (excludes halogenated alkanes) is 5. The van der Waals surface area contributed by atoms with E-state index in [2.05, 4.69) is 20.8 Å². The van der Waals surface area contributed by atoms with Gasteiger partial charge in [0.2, 0.25) is 0 Å². The van der Waals surface area contributed by atoms with Crippen LogP contribution in [0.25, 0.3) is 0 Å². The summed E-state index contributed by atoms with van der Waals surface area (Å²) in [6.07, 6.45) is 8.64. The first-order chi connectivity index (χ1) is 6.62. The molecule has 0 fully saturated rings. The van der Waals surface area contributed by atoms with Crippen molar-refractivity contribution >= 4 is 37.9 Å². The molecule has 0 radical (unpaired) electrons. The van der Waals surface area contributed by atoms with Crippen LogP contribution in [0.1, 0.15) is 59.3 Å². The molecule has 0 aromatic rings. The van der Waals surface area contributed by atoms with Gasteiger partial charge in [-0.3, -0.25) is 0 Å². The van der Waals surface area contributed by atoms with Gasteiger partial charge >= 0.3 is 19.3 Å². The molecule has 3 heteroatoms. The molecule has 0 unspecified atom stereocenters. The first-order valence-electron chi connectivity index (χ1n) is 6.18. The van der Waals surface area contributed by atoms with Gasteiger partial charge in [-0.1, -0.05) is 65.3 Å². The molecular formula is C11H25ClMgSi. The van der Waals surface area contributed by atoms with Gasteiger partial charge in [0.15, 0.2) is 0 Å². The first kappa shape index (κ1) is 15.3. The van der Waals surface area contributed by atoms with Crippen molar-refractivity contribution in [3.8, 4) is 0 Å². The maximum Gasteiger partial charge on any atom is 0.503 e. The highest BCUT2D eigenvalue weighted by molar-refractivity contribution is 6.99. The average molecular weight is 245 g/mol. The van der Waals surface area contributed by atoms with Crippen molar-refractivity contribution < 1.29 is 0 Å². The number of hydrogen-bond donors (Lipinski definition) is 0. The lowest BCUT2D eigenvalue weighted by Crippen LogP contribution is -2.16. The van der Waals surface area contributed by atoms with Crippen LogP contribution in [0.2, 0.25) is 9.21 Å². The van der Waals surface area contributed by atoms with Crippen molar-refractivity contribution in [1.29, 1.82) is 0 Å². The Labute approximate surface area is 106 Å². The number of rotatable bonds is 9. The summed E-state index contributed by atoms with van der Waals surface area (Å²) in [7, 11) is 6.18. The van der Waals surface area contributed by atoms with E-state index in [0.29, 0.717) is 3.17 Å². The minimum Gasteiger partial charge on any atom is -0.346 e. The molecule has 0 saturated heterocycles. The van der Waals surface area contributed by atoms with Gasteiger partial charge < -0.3 is 9.07 Å². The van der Waals surface area contributed by atoms with Crippen molar-refractivity contribution in [1.82, 2.24) is 0 Å². The van der Waals surface area contributed by atoms with Crippen LogP contribution in [-0.2, 0) is 0 Å². The highest BCUT2D eigenvalue weighted by Crippen LogP contribution is 2.24. The third-order valence-electron chi connectivity index (χ3n) is 2.82. The largest absolute Gasteiger partial charge is 0.503 e. The molecule has 0 aromatic heterocycles. The quantitative estimate of drug-likeness (QED) is 0.426. The van der Waals surface area contributed by atoms with Crippen molar-refractivity contribution in [3.63, 3.8) is 0 Å². The number of hydrogen-bond acceptors (Lipinski definition) is 0. The Bertz CT molecular complexity index is 128. The maximum atomic E-state index is 6.05. The van der Waals surface area contributed by atoms with Crippen molar-refractivity contribution in [3.05, 3.63) is 0 Å². The zero-order valence-corrected chi connectivity index (χ0v) is 13.8. The summed E-state index contributed by atoms with van der Waals surface area (Å²) in [5.74, 6) is 0. The van der Waals surface area contributed by atoms with E-state index in [9.17, 15) is 0 Å². The van der Waals surface area contributed by atoms with E-state index >= 15 is 0 Å². The zero-order valence-electron chi connectivity index (χ0n) is 10.2. The van der Waals surface area contributed by atoms with Crippen molar-refractivity contribution in [2.24, 2.45) is 0 Å². The van der Waals surface area contributed by atoms with Gasteiger partial charge in [0.25, 0.3) is 0 Å². The van der Waals surface area contributed by atoms with E-state index in [1.54, 1.807) is 0 Å². The van der Waals surface area contributed by atoms with Crippen LogP contribution in [0.15, 0.2) is 0 Å². The smallest absolute Gasteiger partial charge is 0.346 e. The Morgan fingerprint density at radius 3 is 2.21 bits per heavy atom. The van der Waals surface area contributed by atoms with E-state index in [1.165, 1.54) is 44.6 Å². The molecule has 0 saturated carbocycles. The van der Waals surface area contributed by atoms with E-state index in [4.69, 9.17) is 9.07 Å². The lowest BCUT2D eigenvalue weighted by Gasteiger charge is -2.19. The molecule has 0 atom stereocenters. The van der Waals surface area contributed by atoms with E-state index in [-0.39, 0.29) is 28.8 Å². The Kier molecular flexibility index (Phi) is 10.4. The summed E-state index contributed by atoms with van der Waals surface area (Å²) in [6, 6.07) is 1.53. The topological polar surface area (TPSA) is 0 Å². The highest BCUT2D eigenvalue weighted by Gasteiger charge is 2.19. The van der Waals surface area contributed by atoms with Gasteiger partial charge in [-0.2, -0.15) is 0 Å². The van der Waals surface area contributed by atoms with Crippen LogP contribution in [0.5, 0.6) is 0 Å². The van der Waals surface area contributed by atoms with Gasteiger partial charge in [-0.25, -0.2) is 0 Å². The van der Waals surface area contributed by atoms with Gasteiger partial charge in [-0.05, 0) is 0 Å². The van der Waals surface area contributed by atoms with Crippen LogP contribution < -0.4 is 0 Å². The second kappa shape index (κ2) is 9.50. The molecule has 0 aliphatic heterocycles. The predicted molar refractivity (Wildman–Crippen MR) is 72.4 cm³/mol. The molecule has 82 valence electrons. The summed E-state index contributed by atoms with van der Waals surface area (Å²) >= 11 is -0.272. The molecule has 0 spiro atoms. The van der Waals surface area contributed by atoms with E-state index < -0.39 is 0 Å². The molecule has 0 nitrogen and oxygen atoms in total. The van der Waals surface area contributed by atoms with Gasteiger partial charge in [0.05, 0.1) is 0 Å². The fourth-order valence-corrected chi connectivity index (χ4v) is 5.68. The Balaban J connectivity index is 3.13. The fourth-order valence-electron chi connectivity index (χ4n) is 1.63. The zero-order chi connectivity index (χ0) is 10.9. The second-order valence-electron chi connectivity index (χ2n) is 5.17. The lowest BCUT2D eigenvalue weighted by molar-refractivity contribution is 0.623. The second-order valence-corrected chi connectivity index (χ2v) is 12.3. The normalized spacial score (nSPS) is 12.3. The predicted octanol–water partition coefficient (Wildman–Crippen LogP) is 3.95. The Morgan fingerprint density at radius 2 is 1.64 bits per heavy atom. The summed E-state index contributed by atoms with van der Waals surface area (Å²) in [6.45, 7) is 7.05. The van der Waals surface area contributed by atoms with Gasteiger partial charge in [0.1, 0.15) is 0 Å². The summed E-state index contributed by atoms with van der Waals surface area (Å²) in [4.78, 5) is 0. The molecular weight excluding hydrogens is 220 g/mol. The third kappa shape index (κ3) is 9.81. The molecule has 0 aliphatic rings. The van der Waals surface area contributed by atoms with Gasteiger partial charge in [-0.15, -0.1) is 3.17 Å². The Hall–Kier alpha value is 1.27. The van der Waals surface area contributed by atoms with Gasteiger partial charge in [0, 0.05) is 9.52 Å². The molecule has 14 heavy (non-hydrogen) atoms. The average Bonchev–Trinajstić information content (AvgIpc) is 2.16. The lowest BCUT2D eigenvalue weighted by atomic mass is 10.1. The summed E-state index contributed by atoms with van der Waals surface area (Å²) in [5.41, 5.74) is 0. The van der Waals surface area contributed by atoms with E-state index in [1.807, 2.05) is 0 Å². The van der Waals surface area contributed by atoms with E-state index in [0.717, 1.165) is 0 Å². The molecule has 0 heterocycles. The standard InChI is InChI=1S/C11H25Si.ClH.Mg/c1-4-5-6-7-8-9-10-12-11(2)3;;/h4-10,12H2,1-3H3;1H;/q;;+1/p-1.